The number of nitrogens with one attached hydrogen (secondary N) is 2. The van der Waals surface area contributed by atoms with Gasteiger partial charge in [0.05, 0.1) is 17.3 Å². The summed E-state index contributed by atoms with van der Waals surface area (Å²) in [7, 11) is 1.57. The number of likely N-dealkylation sites (N-methyl/N-ethyl adjacent to an activating group) is 1. The zero-order chi connectivity index (χ0) is 17.5. The van der Waals surface area contributed by atoms with Gasteiger partial charge in [-0.3, -0.25) is 9.59 Å². The average molecular weight is 346 g/mol. The van der Waals surface area contributed by atoms with E-state index in [4.69, 9.17) is 11.6 Å². The number of benzene rings is 2. The van der Waals surface area contributed by atoms with Crippen LogP contribution in [0.5, 0.6) is 0 Å². The third-order valence-corrected chi connectivity index (χ3v) is 3.81. The second-order valence-corrected chi connectivity index (χ2v) is 5.86. The fraction of sp³-hybridized carbons (Fsp3) is 0.222. The molecule has 24 heavy (non-hydrogen) atoms. The average Bonchev–Trinajstić information content (AvgIpc) is 2.54. The van der Waals surface area contributed by atoms with Crippen molar-refractivity contribution in [2.24, 2.45) is 0 Å². The van der Waals surface area contributed by atoms with E-state index >= 15 is 0 Å². The summed E-state index contributed by atoms with van der Waals surface area (Å²) in [5.41, 5.74) is 2.53. The predicted molar refractivity (Wildman–Crippen MR) is 97.2 cm³/mol. The first kappa shape index (κ1) is 17.8. The van der Waals surface area contributed by atoms with E-state index in [-0.39, 0.29) is 18.4 Å². The summed E-state index contributed by atoms with van der Waals surface area (Å²) >= 11 is 6.26. The molecule has 2 amide bonds. The zero-order valence-corrected chi connectivity index (χ0v) is 14.4. The number of nitrogens with zero attached hydrogens (tertiary/aromatic N) is 1. The van der Waals surface area contributed by atoms with Gasteiger partial charge in [0.2, 0.25) is 11.8 Å². The minimum atomic E-state index is -0.270. The van der Waals surface area contributed by atoms with Crippen LogP contribution in [0.1, 0.15) is 12.5 Å². The number of carbonyl (C=O) groups excluding carboxylic acids is 2. The number of halogens is 1. The molecule has 0 spiro atoms. The highest BCUT2D eigenvalue weighted by atomic mass is 35.5. The third kappa shape index (κ3) is 5.28. The van der Waals surface area contributed by atoms with E-state index in [1.807, 2.05) is 36.4 Å². The Morgan fingerprint density at radius 2 is 1.83 bits per heavy atom. The predicted octanol–water partition coefficient (Wildman–Crippen LogP) is 3.37. The Labute approximate surface area is 146 Å². The molecule has 0 aliphatic heterocycles. The van der Waals surface area contributed by atoms with E-state index in [0.29, 0.717) is 17.3 Å². The van der Waals surface area contributed by atoms with Crippen LogP contribution in [0, 0.1) is 0 Å². The quantitative estimate of drug-likeness (QED) is 0.843. The summed E-state index contributed by atoms with van der Waals surface area (Å²) in [6.07, 6.45) is 0. The van der Waals surface area contributed by atoms with Crippen molar-refractivity contribution in [3.63, 3.8) is 0 Å². The van der Waals surface area contributed by atoms with Gasteiger partial charge in [-0.25, -0.2) is 0 Å². The van der Waals surface area contributed by atoms with E-state index in [1.165, 1.54) is 11.8 Å². The molecular formula is C18H20ClN3O2. The van der Waals surface area contributed by atoms with Gasteiger partial charge in [0.1, 0.15) is 0 Å². The van der Waals surface area contributed by atoms with E-state index in [2.05, 4.69) is 10.6 Å². The Balaban J connectivity index is 1.94. The molecule has 0 saturated heterocycles. The van der Waals surface area contributed by atoms with Crippen molar-refractivity contribution >= 4 is 34.8 Å². The van der Waals surface area contributed by atoms with E-state index in [1.54, 1.807) is 19.2 Å². The summed E-state index contributed by atoms with van der Waals surface area (Å²) in [5, 5.41) is 6.50. The number of anilines is 2. The fourth-order valence-corrected chi connectivity index (χ4v) is 2.30. The Kier molecular flexibility index (Phi) is 6.21. The van der Waals surface area contributed by atoms with Crippen LogP contribution in [-0.2, 0) is 16.1 Å². The first-order valence-electron chi connectivity index (χ1n) is 7.54. The van der Waals surface area contributed by atoms with Gasteiger partial charge in [-0.15, -0.1) is 0 Å². The van der Waals surface area contributed by atoms with E-state index < -0.39 is 0 Å². The van der Waals surface area contributed by atoms with Gasteiger partial charge < -0.3 is 15.5 Å². The van der Waals surface area contributed by atoms with E-state index in [9.17, 15) is 9.59 Å². The van der Waals surface area contributed by atoms with Crippen molar-refractivity contribution in [1.29, 1.82) is 0 Å². The zero-order valence-electron chi connectivity index (χ0n) is 13.7. The number of carbonyl (C=O) groups is 2. The van der Waals surface area contributed by atoms with Crippen LogP contribution < -0.4 is 10.6 Å². The fourth-order valence-electron chi connectivity index (χ4n) is 2.06. The molecule has 0 aliphatic carbocycles. The topological polar surface area (TPSA) is 61.4 Å². The molecule has 2 rings (SSSR count). The minimum Gasteiger partial charge on any atom is -0.380 e. The third-order valence-electron chi connectivity index (χ3n) is 3.50. The molecule has 0 radical (unpaired) electrons. The maximum absolute atomic E-state index is 11.9. The molecule has 2 aromatic rings. The van der Waals surface area contributed by atoms with Gasteiger partial charge in [-0.2, -0.15) is 0 Å². The summed E-state index contributed by atoms with van der Waals surface area (Å²) in [6.45, 7) is 2.08. The number of rotatable bonds is 6. The summed E-state index contributed by atoms with van der Waals surface area (Å²) < 4.78 is 0. The summed E-state index contributed by atoms with van der Waals surface area (Å²) in [5.74, 6) is -0.433. The molecule has 0 saturated carbocycles. The SMILES string of the molecule is CC(=O)N(C)CC(=O)Nc1ccc(NCc2ccccc2)c(Cl)c1. The second kappa shape index (κ2) is 8.36. The lowest BCUT2D eigenvalue weighted by Crippen LogP contribution is -2.33. The molecule has 0 fully saturated rings. The minimum absolute atomic E-state index is 0.000953. The standard InChI is InChI=1S/C18H20ClN3O2/c1-13(23)22(2)12-18(24)21-15-8-9-17(16(19)10-15)20-11-14-6-4-3-5-7-14/h3-10,20H,11-12H2,1-2H3,(H,21,24). The van der Waals surface area contributed by atoms with E-state index in [0.717, 1.165) is 11.3 Å². The highest BCUT2D eigenvalue weighted by Gasteiger charge is 2.10. The largest absolute Gasteiger partial charge is 0.380 e. The van der Waals surface area contributed by atoms with Gasteiger partial charge in [-0.1, -0.05) is 41.9 Å². The Bertz CT molecular complexity index is 719. The van der Waals surface area contributed by atoms with Gasteiger partial charge in [0.15, 0.2) is 0 Å². The van der Waals surface area contributed by atoms with Gasteiger partial charge >= 0.3 is 0 Å². The number of hydrogen-bond acceptors (Lipinski definition) is 3. The Morgan fingerprint density at radius 3 is 2.46 bits per heavy atom. The Morgan fingerprint density at radius 1 is 1.12 bits per heavy atom. The van der Waals surface area contributed by atoms with Crippen molar-refractivity contribution in [2.75, 3.05) is 24.2 Å². The summed E-state index contributed by atoms with van der Waals surface area (Å²) in [6, 6.07) is 15.3. The van der Waals surface area contributed by atoms with Crippen LogP contribution in [0.25, 0.3) is 0 Å². The molecule has 0 heterocycles. The molecule has 5 nitrogen and oxygen atoms in total. The molecule has 2 N–H and O–H groups in total. The maximum atomic E-state index is 11.9. The monoisotopic (exact) mass is 345 g/mol. The van der Waals surface area contributed by atoms with Crippen LogP contribution in [0.2, 0.25) is 5.02 Å². The smallest absolute Gasteiger partial charge is 0.243 e. The Hall–Kier alpha value is -2.53. The van der Waals surface area contributed by atoms with Crippen LogP contribution in [0.3, 0.4) is 0 Å². The number of hydrogen-bond donors (Lipinski definition) is 2. The van der Waals surface area contributed by atoms with Crippen molar-refractivity contribution in [2.45, 2.75) is 13.5 Å². The van der Waals surface area contributed by atoms with Crippen molar-refractivity contribution in [1.82, 2.24) is 4.90 Å². The molecule has 2 aromatic carbocycles. The first-order chi connectivity index (χ1) is 11.5. The molecule has 0 bridgehead atoms. The van der Waals surface area contributed by atoms with Crippen molar-refractivity contribution in [3.8, 4) is 0 Å². The van der Waals surface area contributed by atoms with Crippen molar-refractivity contribution in [3.05, 3.63) is 59.1 Å². The van der Waals surface area contributed by atoms with Gasteiger partial charge in [-0.05, 0) is 23.8 Å². The lowest BCUT2D eigenvalue weighted by Gasteiger charge is -2.15. The van der Waals surface area contributed by atoms with Crippen LogP contribution in [0.15, 0.2) is 48.5 Å². The molecule has 6 heteroatoms. The molecule has 126 valence electrons. The second-order valence-electron chi connectivity index (χ2n) is 5.46. The normalized spacial score (nSPS) is 10.1. The van der Waals surface area contributed by atoms with Gasteiger partial charge in [0, 0.05) is 26.2 Å². The highest BCUT2D eigenvalue weighted by molar-refractivity contribution is 6.33. The molecule has 0 atom stereocenters. The molecular weight excluding hydrogens is 326 g/mol. The van der Waals surface area contributed by atoms with Crippen LogP contribution in [-0.4, -0.2) is 30.3 Å². The lowest BCUT2D eigenvalue weighted by molar-refractivity contribution is -0.131. The highest BCUT2D eigenvalue weighted by Crippen LogP contribution is 2.26. The van der Waals surface area contributed by atoms with Crippen LogP contribution in [0.4, 0.5) is 11.4 Å². The van der Waals surface area contributed by atoms with Crippen LogP contribution >= 0.6 is 11.6 Å². The first-order valence-corrected chi connectivity index (χ1v) is 7.92. The van der Waals surface area contributed by atoms with Crippen molar-refractivity contribution < 1.29 is 9.59 Å². The lowest BCUT2D eigenvalue weighted by atomic mass is 10.2. The maximum Gasteiger partial charge on any atom is 0.243 e. The molecule has 0 unspecified atom stereocenters. The van der Waals surface area contributed by atoms with Gasteiger partial charge in [0.25, 0.3) is 0 Å². The molecule has 0 aromatic heterocycles. The number of amides is 2. The summed E-state index contributed by atoms with van der Waals surface area (Å²) in [4.78, 5) is 24.3. The molecule has 0 aliphatic rings.